The Morgan fingerprint density at radius 2 is 1.79 bits per heavy atom. The summed E-state index contributed by atoms with van der Waals surface area (Å²) in [6.07, 6.45) is 5.11. The van der Waals surface area contributed by atoms with E-state index in [9.17, 15) is 15.0 Å². The predicted octanol–water partition coefficient (Wildman–Crippen LogP) is 2.76. The third-order valence-corrected chi connectivity index (χ3v) is 4.97. The van der Waals surface area contributed by atoms with E-state index in [4.69, 9.17) is 0 Å². The van der Waals surface area contributed by atoms with Gasteiger partial charge in [-0.3, -0.25) is 14.8 Å². The Morgan fingerprint density at radius 1 is 1.07 bits per heavy atom. The summed E-state index contributed by atoms with van der Waals surface area (Å²) < 4.78 is 0. The van der Waals surface area contributed by atoms with E-state index < -0.39 is 12.2 Å². The van der Waals surface area contributed by atoms with E-state index in [0.717, 1.165) is 40.4 Å². The second-order valence-electron chi connectivity index (χ2n) is 7.36. The Labute approximate surface area is 162 Å². The first-order valence-electron chi connectivity index (χ1n) is 9.32. The lowest BCUT2D eigenvalue weighted by molar-refractivity contribution is -0.117. The van der Waals surface area contributed by atoms with Crippen molar-refractivity contribution in [2.75, 3.05) is 5.32 Å². The van der Waals surface area contributed by atoms with Crippen molar-refractivity contribution in [3.05, 3.63) is 48.0 Å². The van der Waals surface area contributed by atoms with Gasteiger partial charge in [0.25, 0.3) is 0 Å². The Kier molecular flexibility index (Phi) is 4.78. The van der Waals surface area contributed by atoms with Crippen molar-refractivity contribution in [2.24, 2.45) is 5.92 Å². The highest BCUT2D eigenvalue weighted by Crippen LogP contribution is 2.31. The molecule has 0 radical (unpaired) electrons. The number of aryl methyl sites for hydroxylation is 1. The van der Waals surface area contributed by atoms with Crippen LogP contribution < -0.4 is 5.32 Å². The van der Waals surface area contributed by atoms with Crippen LogP contribution >= 0.6 is 0 Å². The van der Waals surface area contributed by atoms with E-state index >= 15 is 0 Å². The highest BCUT2D eigenvalue weighted by Gasteiger charge is 2.29. The van der Waals surface area contributed by atoms with E-state index in [1.165, 1.54) is 6.92 Å². The molecule has 0 saturated heterocycles. The van der Waals surface area contributed by atoms with Crippen LogP contribution in [0.25, 0.3) is 22.0 Å². The summed E-state index contributed by atoms with van der Waals surface area (Å²) >= 11 is 0. The number of carbonyl (C=O) groups is 1. The van der Waals surface area contributed by atoms with E-state index in [1.807, 2.05) is 19.1 Å². The topological polar surface area (TPSA) is 108 Å². The van der Waals surface area contributed by atoms with E-state index in [0.29, 0.717) is 11.5 Å². The van der Waals surface area contributed by atoms with Crippen LogP contribution in [0.1, 0.15) is 37.1 Å². The smallest absolute Gasteiger partial charge is 0.228 e. The molecular weight excluding hydrogens is 356 g/mol. The molecule has 7 nitrogen and oxygen atoms in total. The van der Waals surface area contributed by atoms with E-state index in [1.54, 1.807) is 24.7 Å². The lowest BCUT2D eigenvalue weighted by Crippen LogP contribution is -2.15. The first-order valence-corrected chi connectivity index (χ1v) is 9.32. The zero-order chi connectivity index (χ0) is 19.8. The quantitative estimate of drug-likeness (QED) is 0.630. The second-order valence-corrected chi connectivity index (χ2v) is 7.36. The SMILES string of the molecule is Cc1cc([C@H](O)[C@H](C)O)ncc1-c1cc2cnc(NC(=O)C3CC3)cc2cn1. The monoisotopic (exact) mass is 378 g/mol. The van der Waals surface area contributed by atoms with Crippen molar-refractivity contribution >= 4 is 22.5 Å². The predicted molar refractivity (Wildman–Crippen MR) is 106 cm³/mol. The molecule has 1 aliphatic carbocycles. The standard InChI is InChI=1S/C21H22N4O3/c1-11-5-18(20(27)12(2)26)23-10-16(11)17-6-14-9-24-19(7-15(14)8-22-17)25-21(28)13-3-4-13/h5-10,12-13,20,26-27H,3-4H2,1-2H3,(H,24,25,28)/t12-,20+/m0/s1. The summed E-state index contributed by atoms with van der Waals surface area (Å²) in [5.41, 5.74) is 2.91. The number of hydrogen-bond donors (Lipinski definition) is 3. The fourth-order valence-electron chi connectivity index (χ4n) is 3.08. The lowest BCUT2D eigenvalue weighted by atomic mass is 10.0. The molecule has 0 unspecified atom stereocenters. The fourth-order valence-corrected chi connectivity index (χ4v) is 3.08. The number of nitrogens with one attached hydrogen (secondary N) is 1. The van der Waals surface area contributed by atoms with Gasteiger partial charge in [-0.25, -0.2) is 4.98 Å². The molecule has 1 fully saturated rings. The van der Waals surface area contributed by atoms with Gasteiger partial charge in [-0.05, 0) is 50.5 Å². The van der Waals surface area contributed by atoms with E-state index in [2.05, 4.69) is 20.3 Å². The summed E-state index contributed by atoms with van der Waals surface area (Å²) in [6, 6.07) is 5.50. The molecule has 28 heavy (non-hydrogen) atoms. The van der Waals surface area contributed by atoms with Crippen molar-refractivity contribution in [2.45, 2.75) is 38.9 Å². The number of anilines is 1. The zero-order valence-corrected chi connectivity index (χ0v) is 15.8. The maximum Gasteiger partial charge on any atom is 0.228 e. The normalized spacial score (nSPS) is 16.0. The number of amides is 1. The Hall–Kier alpha value is -2.90. The molecule has 2 atom stereocenters. The first-order chi connectivity index (χ1) is 13.4. The average Bonchev–Trinajstić information content (AvgIpc) is 3.52. The summed E-state index contributed by atoms with van der Waals surface area (Å²) in [5, 5.41) is 24.2. The molecule has 0 aliphatic heterocycles. The van der Waals surface area contributed by atoms with E-state index in [-0.39, 0.29) is 11.8 Å². The van der Waals surface area contributed by atoms with Crippen LogP contribution in [0.15, 0.2) is 36.8 Å². The molecule has 4 rings (SSSR count). The molecule has 1 aliphatic rings. The summed E-state index contributed by atoms with van der Waals surface area (Å²) in [4.78, 5) is 25.0. The number of hydrogen-bond acceptors (Lipinski definition) is 6. The van der Waals surface area contributed by atoms with Gasteiger partial charge in [-0.15, -0.1) is 0 Å². The minimum absolute atomic E-state index is 0.0256. The number of rotatable bonds is 5. The maximum atomic E-state index is 11.9. The maximum absolute atomic E-state index is 11.9. The molecule has 0 spiro atoms. The summed E-state index contributed by atoms with van der Waals surface area (Å²) in [6.45, 7) is 3.44. The number of aromatic nitrogens is 3. The van der Waals surface area contributed by atoms with Gasteiger partial charge in [0.15, 0.2) is 0 Å². The lowest BCUT2D eigenvalue weighted by Gasteiger charge is -2.15. The van der Waals surface area contributed by atoms with Crippen LogP contribution in [0, 0.1) is 12.8 Å². The average molecular weight is 378 g/mol. The minimum atomic E-state index is -1.02. The third-order valence-electron chi connectivity index (χ3n) is 4.97. The number of pyridine rings is 3. The van der Waals surface area contributed by atoms with Crippen molar-refractivity contribution in [1.82, 2.24) is 15.0 Å². The number of aliphatic hydroxyl groups is 2. The fraction of sp³-hybridized carbons (Fsp3) is 0.333. The van der Waals surface area contributed by atoms with Gasteiger partial charge in [-0.2, -0.15) is 0 Å². The highest BCUT2D eigenvalue weighted by atomic mass is 16.3. The Bertz CT molecular complexity index is 1050. The minimum Gasteiger partial charge on any atom is -0.390 e. The molecule has 0 bridgehead atoms. The third kappa shape index (κ3) is 3.72. The van der Waals surface area contributed by atoms with Gasteiger partial charge in [-0.1, -0.05) is 0 Å². The number of carbonyl (C=O) groups excluding carboxylic acids is 1. The largest absolute Gasteiger partial charge is 0.390 e. The van der Waals surface area contributed by atoms with Crippen molar-refractivity contribution < 1.29 is 15.0 Å². The zero-order valence-electron chi connectivity index (χ0n) is 15.8. The molecule has 3 aromatic heterocycles. The molecule has 3 heterocycles. The molecule has 1 amide bonds. The van der Waals surface area contributed by atoms with Gasteiger partial charge >= 0.3 is 0 Å². The molecule has 3 N–H and O–H groups in total. The van der Waals surface area contributed by atoms with Crippen molar-refractivity contribution in [1.29, 1.82) is 0 Å². The van der Waals surface area contributed by atoms with Gasteiger partial charge in [0.05, 0.1) is 17.5 Å². The highest BCUT2D eigenvalue weighted by molar-refractivity contribution is 5.95. The summed E-state index contributed by atoms with van der Waals surface area (Å²) in [7, 11) is 0. The second kappa shape index (κ2) is 7.26. The number of nitrogens with zero attached hydrogens (tertiary/aromatic N) is 3. The molecule has 0 aromatic carbocycles. The van der Waals surface area contributed by atoms with Crippen molar-refractivity contribution in [3.8, 4) is 11.3 Å². The van der Waals surface area contributed by atoms with Gasteiger partial charge in [0.1, 0.15) is 11.9 Å². The molecule has 7 heteroatoms. The Balaban J connectivity index is 1.61. The van der Waals surface area contributed by atoms with Crippen LogP contribution in [0.5, 0.6) is 0 Å². The Morgan fingerprint density at radius 3 is 2.46 bits per heavy atom. The van der Waals surface area contributed by atoms with Crippen molar-refractivity contribution in [3.63, 3.8) is 0 Å². The van der Waals surface area contributed by atoms with Crippen LogP contribution in [-0.4, -0.2) is 37.2 Å². The molecule has 144 valence electrons. The first kappa shape index (κ1) is 18.5. The number of aliphatic hydroxyl groups excluding tert-OH is 2. The van der Waals surface area contributed by atoms with Crippen LogP contribution in [0.2, 0.25) is 0 Å². The van der Waals surface area contributed by atoms with Gasteiger partial charge in [0.2, 0.25) is 5.91 Å². The van der Waals surface area contributed by atoms with Crippen LogP contribution in [-0.2, 0) is 4.79 Å². The molecule has 1 saturated carbocycles. The summed E-state index contributed by atoms with van der Waals surface area (Å²) in [5.74, 6) is 0.689. The molecule has 3 aromatic rings. The molecular formula is C21H22N4O3. The van der Waals surface area contributed by atoms with Gasteiger partial charge in [0, 0.05) is 40.8 Å². The van der Waals surface area contributed by atoms with Crippen LogP contribution in [0.4, 0.5) is 5.82 Å². The van der Waals surface area contributed by atoms with Gasteiger partial charge < -0.3 is 15.5 Å². The van der Waals surface area contributed by atoms with Crippen LogP contribution in [0.3, 0.4) is 0 Å². The number of fused-ring (bicyclic) bond motifs is 1.